The van der Waals surface area contributed by atoms with Gasteiger partial charge < -0.3 is 18.7 Å². The molecule has 1 aliphatic heterocycles. The first-order valence-corrected chi connectivity index (χ1v) is 13.1. The van der Waals surface area contributed by atoms with E-state index in [9.17, 15) is 13.2 Å². The molecule has 0 bridgehead atoms. The zero-order chi connectivity index (χ0) is 22.4. The lowest BCUT2D eigenvalue weighted by Crippen LogP contribution is -2.42. The fraction of sp³-hybridized carbons (Fsp3) is 0.696. The van der Waals surface area contributed by atoms with E-state index in [4.69, 9.17) is 8.92 Å². The Kier molecular flexibility index (Phi) is 8.22. The smallest absolute Gasteiger partial charge is 0.308 e. The molecule has 1 amide bonds. The number of carbonyl (C=O) groups excluding carboxylic acids is 1. The third kappa shape index (κ3) is 6.13. The average Bonchev–Trinajstić information content (AvgIpc) is 3.21. The van der Waals surface area contributed by atoms with Gasteiger partial charge in [0.1, 0.15) is 5.75 Å². The minimum atomic E-state index is -3.69. The van der Waals surface area contributed by atoms with Crippen molar-refractivity contribution in [2.45, 2.75) is 65.5 Å². The van der Waals surface area contributed by atoms with Crippen molar-refractivity contribution in [1.29, 1.82) is 0 Å². The molecule has 174 valence electrons. The van der Waals surface area contributed by atoms with Gasteiger partial charge >= 0.3 is 10.1 Å². The van der Waals surface area contributed by atoms with Gasteiger partial charge in [-0.2, -0.15) is 8.42 Å². The topological polar surface area (TPSA) is 76.2 Å². The van der Waals surface area contributed by atoms with Gasteiger partial charge in [-0.25, -0.2) is 0 Å². The van der Waals surface area contributed by atoms with Crippen LogP contribution in [-0.4, -0.2) is 57.3 Å². The molecule has 0 N–H and O–H groups in total. The highest BCUT2D eigenvalue weighted by atomic mass is 32.2. The van der Waals surface area contributed by atoms with Gasteiger partial charge in [-0.3, -0.25) is 4.79 Å². The number of hydrogen-bond donors (Lipinski definition) is 0. The van der Waals surface area contributed by atoms with Crippen molar-refractivity contribution < 1.29 is 22.1 Å². The maximum absolute atomic E-state index is 13.1. The molecule has 1 heterocycles. The van der Waals surface area contributed by atoms with Crippen molar-refractivity contribution >= 4 is 21.7 Å². The molecule has 7 nitrogen and oxygen atoms in total. The summed E-state index contributed by atoms with van der Waals surface area (Å²) in [4.78, 5) is 17.1. The Hall–Kier alpha value is -1.80. The lowest BCUT2D eigenvalue weighted by atomic mass is 9.84. The molecule has 2 aliphatic rings. The van der Waals surface area contributed by atoms with Gasteiger partial charge in [0, 0.05) is 56.0 Å². The van der Waals surface area contributed by atoms with Crippen molar-refractivity contribution in [3.8, 4) is 5.75 Å². The highest BCUT2D eigenvalue weighted by Gasteiger charge is 2.32. The molecule has 1 aliphatic carbocycles. The van der Waals surface area contributed by atoms with Crippen LogP contribution in [0.1, 0.15) is 58.4 Å². The van der Waals surface area contributed by atoms with Crippen molar-refractivity contribution in [2.24, 2.45) is 5.92 Å². The summed E-state index contributed by atoms with van der Waals surface area (Å²) < 4.78 is 35.8. The molecule has 1 aromatic rings. The molecule has 0 spiro atoms. The fourth-order valence-electron chi connectivity index (χ4n) is 4.12. The monoisotopic (exact) mass is 452 g/mol. The first kappa shape index (κ1) is 23.9. The lowest BCUT2D eigenvalue weighted by molar-refractivity contribution is -0.140. The zero-order valence-corrected chi connectivity index (χ0v) is 19.8. The maximum atomic E-state index is 13.1. The summed E-state index contributed by atoms with van der Waals surface area (Å²) in [5.41, 5.74) is 1.62. The Labute approximate surface area is 186 Å². The van der Waals surface area contributed by atoms with Crippen LogP contribution in [0, 0.1) is 5.92 Å². The quantitative estimate of drug-likeness (QED) is 0.478. The van der Waals surface area contributed by atoms with Crippen molar-refractivity contribution in [3.63, 3.8) is 0 Å². The second kappa shape index (κ2) is 10.7. The first-order chi connectivity index (χ1) is 14.9. The van der Waals surface area contributed by atoms with Gasteiger partial charge in [0.15, 0.2) is 0 Å². The third-order valence-electron chi connectivity index (χ3n) is 6.32. The maximum Gasteiger partial charge on any atom is 0.308 e. The normalized spacial score (nSPS) is 19.1. The molecule has 1 aromatic carbocycles. The summed E-state index contributed by atoms with van der Waals surface area (Å²) in [5, 5.41) is 0. The Balaban J connectivity index is 1.89. The second-order valence-corrected chi connectivity index (χ2v) is 10.2. The van der Waals surface area contributed by atoms with Gasteiger partial charge in [-0.05, 0) is 52.5 Å². The Morgan fingerprint density at radius 2 is 1.87 bits per heavy atom. The van der Waals surface area contributed by atoms with Gasteiger partial charge in [0.2, 0.25) is 5.91 Å². The fourth-order valence-corrected chi connectivity index (χ4v) is 4.66. The highest BCUT2D eigenvalue weighted by molar-refractivity contribution is 7.87. The molecule has 8 heteroatoms. The average molecular weight is 453 g/mol. The van der Waals surface area contributed by atoms with Crippen molar-refractivity contribution in [3.05, 3.63) is 23.8 Å². The molecule has 1 saturated carbocycles. The summed E-state index contributed by atoms with van der Waals surface area (Å²) >= 11 is 0. The summed E-state index contributed by atoms with van der Waals surface area (Å²) in [6.07, 6.45) is 4.94. The molecule has 3 rings (SSSR count). The predicted molar refractivity (Wildman–Crippen MR) is 122 cm³/mol. The van der Waals surface area contributed by atoms with E-state index in [1.165, 1.54) is 0 Å². The number of anilines is 1. The van der Waals surface area contributed by atoms with E-state index < -0.39 is 10.1 Å². The molecule has 2 fully saturated rings. The van der Waals surface area contributed by atoms with E-state index in [2.05, 4.69) is 18.7 Å². The largest absolute Gasteiger partial charge is 0.382 e. The highest BCUT2D eigenvalue weighted by Crippen LogP contribution is 2.32. The van der Waals surface area contributed by atoms with Gasteiger partial charge in [-0.1, -0.05) is 12.5 Å². The predicted octanol–water partition coefficient (Wildman–Crippen LogP) is 3.57. The van der Waals surface area contributed by atoms with Crippen LogP contribution in [0.4, 0.5) is 5.69 Å². The van der Waals surface area contributed by atoms with Crippen LogP contribution in [-0.2, 0) is 26.2 Å². The number of hydrogen-bond acceptors (Lipinski definition) is 6. The molecular formula is C23H36N2O5S. The minimum Gasteiger partial charge on any atom is -0.382 e. The second-order valence-electron chi connectivity index (χ2n) is 8.38. The Morgan fingerprint density at radius 3 is 2.42 bits per heavy atom. The van der Waals surface area contributed by atoms with E-state index in [-0.39, 0.29) is 23.7 Å². The molecule has 1 saturated heterocycles. The molecular weight excluding hydrogens is 416 g/mol. The Morgan fingerprint density at radius 1 is 1.13 bits per heavy atom. The summed E-state index contributed by atoms with van der Waals surface area (Å²) in [5.74, 6) is 0.409. The van der Waals surface area contributed by atoms with E-state index in [0.29, 0.717) is 24.4 Å². The zero-order valence-electron chi connectivity index (χ0n) is 19.0. The van der Waals surface area contributed by atoms with Crippen molar-refractivity contribution in [2.75, 3.05) is 36.9 Å². The first-order valence-electron chi connectivity index (χ1n) is 11.6. The molecule has 0 radical (unpaired) electrons. The van der Waals surface area contributed by atoms with Crippen LogP contribution in [0.15, 0.2) is 18.2 Å². The van der Waals surface area contributed by atoms with E-state index in [1.807, 2.05) is 17.0 Å². The SMILES string of the molecule is CCN(CC)c1ccc(CN(CC2CCCO2)C(=O)C2CCC2)c(OS(=O)(=O)CC)c1. The van der Waals surface area contributed by atoms with E-state index >= 15 is 0 Å². The van der Waals surface area contributed by atoms with Crippen LogP contribution in [0.5, 0.6) is 5.75 Å². The van der Waals surface area contributed by atoms with Gasteiger partial charge in [0.05, 0.1) is 11.9 Å². The van der Waals surface area contributed by atoms with Crippen LogP contribution in [0.2, 0.25) is 0 Å². The van der Waals surface area contributed by atoms with Crippen LogP contribution >= 0.6 is 0 Å². The molecule has 0 aromatic heterocycles. The third-order valence-corrected chi connectivity index (χ3v) is 7.47. The summed E-state index contributed by atoms with van der Waals surface area (Å²) in [6, 6.07) is 5.66. The van der Waals surface area contributed by atoms with Crippen LogP contribution in [0.25, 0.3) is 0 Å². The molecule has 1 unspecified atom stereocenters. The summed E-state index contributed by atoms with van der Waals surface area (Å²) in [7, 11) is -3.69. The number of amides is 1. The standard InChI is InChI=1S/C23H36N2O5S/c1-4-24(5-2)20-13-12-19(22(15-20)30-31(27,28)6-3)16-25(17-21-11-8-14-29-21)23(26)18-9-7-10-18/h12-13,15,18,21H,4-11,14,16-17H2,1-3H3. The minimum absolute atomic E-state index is 0.0442. The van der Waals surface area contributed by atoms with Gasteiger partial charge in [-0.15, -0.1) is 0 Å². The molecule has 31 heavy (non-hydrogen) atoms. The summed E-state index contributed by atoms with van der Waals surface area (Å²) in [6.45, 7) is 8.88. The van der Waals surface area contributed by atoms with Crippen LogP contribution in [0.3, 0.4) is 0 Å². The van der Waals surface area contributed by atoms with E-state index in [0.717, 1.165) is 57.5 Å². The number of rotatable bonds is 11. The molecule has 1 atom stereocenters. The van der Waals surface area contributed by atoms with Gasteiger partial charge in [0.25, 0.3) is 0 Å². The van der Waals surface area contributed by atoms with Crippen LogP contribution < -0.4 is 9.08 Å². The number of benzene rings is 1. The van der Waals surface area contributed by atoms with Crippen molar-refractivity contribution in [1.82, 2.24) is 4.90 Å². The number of carbonyl (C=O) groups is 1. The number of nitrogens with zero attached hydrogens (tertiary/aromatic N) is 2. The Bertz CT molecular complexity index is 844. The van der Waals surface area contributed by atoms with E-state index in [1.54, 1.807) is 13.0 Å². The number of ether oxygens (including phenoxy) is 1. The lowest BCUT2D eigenvalue weighted by Gasteiger charge is -2.33.